The van der Waals surface area contributed by atoms with Gasteiger partial charge in [0.25, 0.3) is 0 Å². The van der Waals surface area contributed by atoms with Gasteiger partial charge in [0.1, 0.15) is 0 Å². The number of aryl methyl sites for hydroxylation is 2. The van der Waals surface area contributed by atoms with Crippen LogP contribution in [0.25, 0.3) is 63.3 Å². The number of hydrogen-bond donors (Lipinski definition) is 0. The lowest BCUT2D eigenvalue weighted by Gasteiger charge is -2.07. The van der Waals surface area contributed by atoms with Gasteiger partial charge in [0.15, 0.2) is 0 Å². The molecule has 0 aliphatic carbocycles. The molecule has 1 heteroatoms. The van der Waals surface area contributed by atoms with Crippen LogP contribution < -0.4 is 0 Å². The van der Waals surface area contributed by atoms with E-state index in [1.54, 1.807) is 0 Å². The monoisotopic (exact) mass is 482 g/mol. The van der Waals surface area contributed by atoms with E-state index >= 15 is 0 Å². The normalized spacial score (nSPS) is 12.2. The molecule has 1 heterocycles. The van der Waals surface area contributed by atoms with E-state index < -0.39 is 0 Å². The van der Waals surface area contributed by atoms with E-state index in [1.807, 2.05) is 11.3 Å². The molecule has 0 saturated carbocycles. The van der Waals surface area contributed by atoms with Gasteiger partial charge in [-0.2, -0.15) is 0 Å². The minimum Gasteiger partial charge on any atom is -0.135 e. The van der Waals surface area contributed by atoms with Crippen molar-refractivity contribution in [2.24, 2.45) is 0 Å². The Morgan fingerprint density at radius 3 is 1.72 bits per heavy atom. The molecular weight excluding hydrogens is 452 g/mol. The first-order valence-corrected chi connectivity index (χ1v) is 14.1. The van der Waals surface area contributed by atoms with Crippen LogP contribution in [-0.4, -0.2) is 0 Å². The molecule has 0 aliphatic rings. The van der Waals surface area contributed by atoms with Crippen molar-refractivity contribution in [3.05, 3.63) is 96.1 Å². The Kier molecular flexibility index (Phi) is 5.22. The van der Waals surface area contributed by atoms with Crippen LogP contribution in [0, 0.1) is 6.92 Å². The highest BCUT2D eigenvalue weighted by Gasteiger charge is 2.10. The molecule has 0 saturated heterocycles. The lowest BCUT2D eigenvalue weighted by atomic mass is 9.97. The van der Waals surface area contributed by atoms with Crippen LogP contribution in [0.3, 0.4) is 0 Å². The van der Waals surface area contributed by atoms with Gasteiger partial charge in [0.2, 0.25) is 0 Å². The molecule has 6 aromatic carbocycles. The smallest absolute Gasteiger partial charge is 0.0361 e. The number of benzene rings is 6. The molecule has 0 amide bonds. The van der Waals surface area contributed by atoms with Gasteiger partial charge >= 0.3 is 0 Å². The van der Waals surface area contributed by atoms with Gasteiger partial charge in [-0.3, -0.25) is 0 Å². The highest BCUT2D eigenvalue weighted by Crippen LogP contribution is 2.40. The fraction of sp³-hybridized carbons (Fsp3) is 0.200. The zero-order valence-corrected chi connectivity index (χ0v) is 21.8. The largest absolute Gasteiger partial charge is 0.135 e. The van der Waals surface area contributed by atoms with E-state index in [2.05, 4.69) is 98.8 Å². The first kappa shape index (κ1) is 21.8. The molecule has 0 unspecified atom stereocenters. The van der Waals surface area contributed by atoms with Crippen molar-refractivity contribution in [2.75, 3.05) is 0 Å². The van der Waals surface area contributed by atoms with Crippen LogP contribution in [0.1, 0.15) is 43.7 Å². The molecule has 176 valence electrons. The van der Waals surface area contributed by atoms with Gasteiger partial charge in [-0.25, -0.2) is 0 Å². The SMILES string of the molecule is CCCCCCc1ccc2cc3cc4c(cc3cc2c1)sc1cc2cc3cc(C)ccc3cc2cc14. The topological polar surface area (TPSA) is 0 Å². The van der Waals surface area contributed by atoms with Crippen LogP contribution in [0.5, 0.6) is 0 Å². The van der Waals surface area contributed by atoms with E-state index in [0.717, 1.165) is 0 Å². The van der Waals surface area contributed by atoms with Gasteiger partial charge in [-0.1, -0.05) is 68.1 Å². The Balaban J connectivity index is 1.36. The van der Waals surface area contributed by atoms with Crippen LogP contribution in [0.15, 0.2) is 84.9 Å². The third-order valence-electron chi connectivity index (χ3n) is 7.84. The van der Waals surface area contributed by atoms with Crippen LogP contribution in [0.2, 0.25) is 0 Å². The standard InChI is InChI=1S/C35H30S/c1-3-4-5-6-7-23-9-11-25-15-29-19-33-32-18-28-14-24-10-8-22(2)12-26(24)16-30(28)20-34(32)36-35(33)21-31(29)17-27(25)13-23/h8-21H,3-7H2,1-2H3. The zero-order valence-electron chi connectivity index (χ0n) is 21.0. The van der Waals surface area contributed by atoms with Crippen molar-refractivity contribution in [2.45, 2.75) is 46.0 Å². The molecule has 7 rings (SSSR count). The Labute approximate surface area is 216 Å². The summed E-state index contributed by atoms with van der Waals surface area (Å²) in [5, 5.41) is 13.4. The first-order chi connectivity index (χ1) is 17.6. The van der Waals surface area contributed by atoms with Crippen molar-refractivity contribution in [1.82, 2.24) is 0 Å². The number of unbranched alkanes of at least 4 members (excludes halogenated alkanes) is 3. The highest BCUT2D eigenvalue weighted by molar-refractivity contribution is 7.26. The van der Waals surface area contributed by atoms with Crippen LogP contribution in [-0.2, 0) is 6.42 Å². The predicted molar refractivity (Wildman–Crippen MR) is 162 cm³/mol. The van der Waals surface area contributed by atoms with Gasteiger partial charge < -0.3 is 0 Å². The maximum atomic E-state index is 2.41. The fourth-order valence-corrected chi connectivity index (χ4v) is 7.01. The molecule has 0 N–H and O–H groups in total. The summed E-state index contributed by atoms with van der Waals surface area (Å²) in [5.41, 5.74) is 2.78. The fourth-order valence-electron chi connectivity index (χ4n) is 5.85. The summed E-state index contributed by atoms with van der Waals surface area (Å²) in [6, 6.07) is 32.9. The second kappa shape index (κ2) is 8.61. The maximum Gasteiger partial charge on any atom is 0.0361 e. The summed E-state index contributed by atoms with van der Waals surface area (Å²) in [6.45, 7) is 4.45. The van der Waals surface area contributed by atoms with Crippen molar-refractivity contribution in [3.8, 4) is 0 Å². The molecule has 0 fully saturated rings. The molecule has 0 atom stereocenters. The third kappa shape index (κ3) is 3.74. The Morgan fingerprint density at radius 1 is 0.500 bits per heavy atom. The second-order valence-electron chi connectivity index (χ2n) is 10.5. The number of hydrogen-bond acceptors (Lipinski definition) is 1. The van der Waals surface area contributed by atoms with Gasteiger partial charge in [0, 0.05) is 20.2 Å². The number of thiophene rings is 1. The minimum atomic E-state index is 1.19. The average Bonchev–Trinajstić information content (AvgIpc) is 3.21. The molecule has 1 aromatic heterocycles. The zero-order chi connectivity index (χ0) is 24.2. The summed E-state index contributed by atoms with van der Waals surface area (Å²) in [6.07, 6.45) is 6.45. The highest BCUT2D eigenvalue weighted by atomic mass is 32.1. The van der Waals surface area contributed by atoms with Gasteiger partial charge in [0.05, 0.1) is 0 Å². The van der Waals surface area contributed by atoms with E-state index in [9.17, 15) is 0 Å². The van der Waals surface area contributed by atoms with Crippen LogP contribution >= 0.6 is 11.3 Å². The maximum absolute atomic E-state index is 2.41. The molecule has 0 aliphatic heterocycles. The number of rotatable bonds is 5. The van der Waals surface area contributed by atoms with E-state index in [1.165, 1.54) is 106 Å². The van der Waals surface area contributed by atoms with Crippen molar-refractivity contribution in [3.63, 3.8) is 0 Å². The molecule has 7 aromatic rings. The summed E-state index contributed by atoms with van der Waals surface area (Å²) in [4.78, 5) is 0. The van der Waals surface area contributed by atoms with Crippen molar-refractivity contribution < 1.29 is 0 Å². The molecule has 0 radical (unpaired) electrons. The number of fused-ring (bicyclic) bond motifs is 7. The van der Waals surface area contributed by atoms with E-state index in [4.69, 9.17) is 0 Å². The van der Waals surface area contributed by atoms with E-state index in [-0.39, 0.29) is 0 Å². The third-order valence-corrected chi connectivity index (χ3v) is 8.95. The Morgan fingerprint density at radius 2 is 1.06 bits per heavy atom. The van der Waals surface area contributed by atoms with Crippen molar-refractivity contribution in [1.29, 1.82) is 0 Å². The summed E-state index contributed by atoms with van der Waals surface area (Å²) in [5.74, 6) is 0. The summed E-state index contributed by atoms with van der Waals surface area (Å²) in [7, 11) is 0. The second-order valence-corrected chi connectivity index (χ2v) is 11.6. The van der Waals surface area contributed by atoms with Crippen LogP contribution in [0.4, 0.5) is 0 Å². The molecule has 0 bridgehead atoms. The Bertz CT molecular complexity index is 1940. The lowest BCUT2D eigenvalue weighted by molar-refractivity contribution is 0.667. The molecule has 0 nitrogen and oxygen atoms in total. The molecular formula is C35H30S. The van der Waals surface area contributed by atoms with Crippen molar-refractivity contribution >= 4 is 74.6 Å². The first-order valence-electron chi connectivity index (χ1n) is 13.3. The van der Waals surface area contributed by atoms with E-state index in [0.29, 0.717) is 0 Å². The van der Waals surface area contributed by atoms with Gasteiger partial charge in [-0.15, -0.1) is 11.3 Å². The minimum absolute atomic E-state index is 1.19. The average molecular weight is 483 g/mol. The molecule has 36 heavy (non-hydrogen) atoms. The van der Waals surface area contributed by atoms with Gasteiger partial charge in [-0.05, 0) is 117 Å². The quantitative estimate of drug-likeness (QED) is 0.169. The predicted octanol–water partition coefficient (Wildman–Crippen LogP) is 11.1. The summed E-state index contributed by atoms with van der Waals surface area (Å²) < 4.78 is 2.75. The molecule has 0 spiro atoms. The lowest BCUT2D eigenvalue weighted by Crippen LogP contribution is -1.86. The summed E-state index contributed by atoms with van der Waals surface area (Å²) >= 11 is 1.92. The Hall–Kier alpha value is -3.42.